The molecule has 2 aromatic rings. The van der Waals surface area contributed by atoms with Gasteiger partial charge in [-0.25, -0.2) is 4.98 Å². The van der Waals surface area contributed by atoms with Crippen LogP contribution in [0.4, 0.5) is 0 Å². The second kappa shape index (κ2) is 6.38. The molecule has 0 bridgehead atoms. The minimum absolute atomic E-state index is 0.632. The van der Waals surface area contributed by atoms with Gasteiger partial charge < -0.3 is 9.72 Å². The molecule has 0 unspecified atom stereocenters. The first kappa shape index (κ1) is 12.9. The van der Waals surface area contributed by atoms with E-state index in [2.05, 4.69) is 21.9 Å². The van der Waals surface area contributed by atoms with E-state index >= 15 is 0 Å². The second-order valence-corrected chi connectivity index (χ2v) is 4.45. The molecule has 18 heavy (non-hydrogen) atoms. The number of ether oxygens (including phenoxy) is 1. The Hall–Kier alpha value is -1.58. The third kappa shape index (κ3) is 3.22. The van der Waals surface area contributed by atoms with E-state index < -0.39 is 0 Å². The van der Waals surface area contributed by atoms with E-state index in [4.69, 9.17) is 4.74 Å². The molecule has 0 aliphatic rings. The maximum absolute atomic E-state index is 5.37. The Morgan fingerprint density at radius 1 is 1.11 bits per heavy atom. The van der Waals surface area contributed by atoms with Crippen LogP contribution in [0.5, 0.6) is 5.88 Å². The topological polar surface area (TPSA) is 50.8 Å². The first-order valence-electron chi connectivity index (χ1n) is 6.82. The highest BCUT2D eigenvalue weighted by Gasteiger charge is 2.05. The Bertz CT molecular complexity index is 493. The number of imidazole rings is 1. The summed E-state index contributed by atoms with van der Waals surface area (Å²) in [6.45, 7) is 4.81. The van der Waals surface area contributed by atoms with Crippen molar-refractivity contribution in [2.24, 2.45) is 0 Å². The van der Waals surface area contributed by atoms with Crippen molar-refractivity contribution >= 4 is 11.2 Å². The number of aryl methyl sites for hydroxylation is 1. The summed E-state index contributed by atoms with van der Waals surface area (Å²) in [7, 11) is 0. The summed E-state index contributed by atoms with van der Waals surface area (Å²) >= 11 is 0. The highest BCUT2D eigenvalue weighted by Crippen LogP contribution is 2.15. The van der Waals surface area contributed by atoms with Crippen molar-refractivity contribution in [2.45, 2.75) is 46.0 Å². The lowest BCUT2D eigenvalue weighted by Crippen LogP contribution is -1.93. The number of aromatic amines is 1. The third-order valence-electron chi connectivity index (χ3n) is 2.93. The summed E-state index contributed by atoms with van der Waals surface area (Å²) in [5.41, 5.74) is 1.75. The Morgan fingerprint density at radius 2 is 2.00 bits per heavy atom. The van der Waals surface area contributed by atoms with E-state index in [1.165, 1.54) is 25.7 Å². The molecule has 0 aliphatic carbocycles. The van der Waals surface area contributed by atoms with E-state index in [1.807, 2.05) is 19.1 Å². The van der Waals surface area contributed by atoms with Gasteiger partial charge in [0.2, 0.25) is 5.88 Å². The molecule has 4 heteroatoms. The fraction of sp³-hybridized carbons (Fsp3) is 0.571. The standard InChI is InChI=1S/C14H21N3O/c1-3-5-6-7-8-12-15-11-9-10-13(18-4-2)17-14(11)16-12/h9-10H,3-8H2,1-2H3,(H,15,16,17). The summed E-state index contributed by atoms with van der Waals surface area (Å²) in [5.74, 6) is 1.68. The van der Waals surface area contributed by atoms with E-state index in [9.17, 15) is 0 Å². The fourth-order valence-electron chi connectivity index (χ4n) is 1.99. The molecule has 2 rings (SSSR count). The number of hydrogen-bond donors (Lipinski definition) is 1. The predicted octanol–water partition coefficient (Wildman–Crippen LogP) is 3.48. The largest absolute Gasteiger partial charge is 0.478 e. The summed E-state index contributed by atoms with van der Waals surface area (Å²) in [6, 6.07) is 3.86. The lowest BCUT2D eigenvalue weighted by molar-refractivity contribution is 0.328. The first-order valence-corrected chi connectivity index (χ1v) is 6.82. The molecule has 0 spiro atoms. The second-order valence-electron chi connectivity index (χ2n) is 4.45. The molecule has 0 radical (unpaired) electrons. The summed E-state index contributed by atoms with van der Waals surface area (Å²) in [6.07, 6.45) is 6.02. The number of hydrogen-bond acceptors (Lipinski definition) is 3. The van der Waals surface area contributed by atoms with Crippen molar-refractivity contribution in [3.63, 3.8) is 0 Å². The molecular weight excluding hydrogens is 226 g/mol. The number of nitrogens with one attached hydrogen (secondary N) is 1. The number of pyridine rings is 1. The Labute approximate surface area is 108 Å². The van der Waals surface area contributed by atoms with Gasteiger partial charge in [0.1, 0.15) is 5.82 Å². The van der Waals surface area contributed by atoms with Crippen molar-refractivity contribution < 1.29 is 4.74 Å². The molecule has 0 atom stereocenters. The van der Waals surface area contributed by atoms with Gasteiger partial charge in [0.05, 0.1) is 12.1 Å². The van der Waals surface area contributed by atoms with Gasteiger partial charge in [0, 0.05) is 12.5 Å². The third-order valence-corrected chi connectivity index (χ3v) is 2.93. The summed E-state index contributed by atoms with van der Waals surface area (Å²) in [4.78, 5) is 12.2. The monoisotopic (exact) mass is 247 g/mol. The average Bonchev–Trinajstić information content (AvgIpc) is 2.77. The van der Waals surface area contributed by atoms with Crippen LogP contribution in [0.25, 0.3) is 11.2 Å². The van der Waals surface area contributed by atoms with Crippen LogP contribution in [0.3, 0.4) is 0 Å². The highest BCUT2D eigenvalue weighted by molar-refractivity contribution is 5.71. The van der Waals surface area contributed by atoms with Crippen LogP contribution in [-0.4, -0.2) is 21.6 Å². The SMILES string of the molecule is CCCCCCc1nc2nc(OCC)ccc2[nH]1. The van der Waals surface area contributed by atoms with Gasteiger partial charge >= 0.3 is 0 Å². The lowest BCUT2D eigenvalue weighted by atomic mass is 10.1. The molecule has 0 saturated carbocycles. The highest BCUT2D eigenvalue weighted by atomic mass is 16.5. The molecular formula is C14H21N3O. The van der Waals surface area contributed by atoms with Crippen LogP contribution >= 0.6 is 0 Å². The Balaban J connectivity index is 2.02. The van der Waals surface area contributed by atoms with Gasteiger partial charge in [-0.15, -0.1) is 0 Å². The minimum Gasteiger partial charge on any atom is -0.478 e. The lowest BCUT2D eigenvalue weighted by Gasteiger charge is -1.99. The van der Waals surface area contributed by atoms with Crippen molar-refractivity contribution in [2.75, 3.05) is 6.61 Å². The minimum atomic E-state index is 0.632. The zero-order valence-electron chi connectivity index (χ0n) is 11.2. The summed E-state index contributed by atoms with van der Waals surface area (Å²) < 4.78 is 5.37. The maximum Gasteiger partial charge on any atom is 0.215 e. The van der Waals surface area contributed by atoms with Crippen LogP contribution in [0.2, 0.25) is 0 Å². The van der Waals surface area contributed by atoms with Crippen molar-refractivity contribution in [3.8, 4) is 5.88 Å². The number of rotatable bonds is 7. The van der Waals surface area contributed by atoms with Crippen LogP contribution in [0.15, 0.2) is 12.1 Å². The normalized spacial score (nSPS) is 11.0. The number of aromatic nitrogens is 3. The van der Waals surface area contributed by atoms with Gasteiger partial charge in [-0.3, -0.25) is 0 Å². The number of fused-ring (bicyclic) bond motifs is 1. The van der Waals surface area contributed by atoms with Gasteiger partial charge in [0.25, 0.3) is 0 Å². The number of nitrogens with zero attached hydrogens (tertiary/aromatic N) is 2. The van der Waals surface area contributed by atoms with Gasteiger partial charge in [-0.2, -0.15) is 4.98 Å². The average molecular weight is 247 g/mol. The molecule has 0 saturated heterocycles. The Kier molecular flexibility index (Phi) is 4.56. The first-order chi connectivity index (χ1) is 8.83. The zero-order valence-corrected chi connectivity index (χ0v) is 11.2. The van der Waals surface area contributed by atoms with Crippen LogP contribution < -0.4 is 4.74 Å². The maximum atomic E-state index is 5.37. The molecule has 0 aliphatic heterocycles. The fourth-order valence-corrected chi connectivity index (χ4v) is 1.99. The molecule has 2 aromatic heterocycles. The Morgan fingerprint density at radius 3 is 2.78 bits per heavy atom. The quantitative estimate of drug-likeness (QED) is 0.762. The smallest absolute Gasteiger partial charge is 0.215 e. The van der Waals surface area contributed by atoms with Gasteiger partial charge in [-0.05, 0) is 19.4 Å². The molecule has 0 fully saturated rings. The predicted molar refractivity (Wildman–Crippen MR) is 72.9 cm³/mol. The van der Waals surface area contributed by atoms with E-state index in [-0.39, 0.29) is 0 Å². The molecule has 1 N–H and O–H groups in total. The summed E-state index contributed by atoms with van der Waals surface area (Å²) in [5, 5.41) is 0. The number of unbranched alkanes of at least 4 members (excludes halogenated alkanes) is 3. The van der Waals surface area contributed by atoms with E-state index in [0.717, 1.165) is 23.4 Å². The van der Waals surface area contributed by atoms with Crippen LogP contribution in [0.1, 0.15) is 45.4 Å². The van der Waals surface area contributed by atoms with Gasteiger partial charge in [0.15, 0.2) is 5.65 Å². The van der Waals surface area contributed by atoms with Crippen LogP contribution in [0, 0.1) is 0 Å². The molecule has 0 aromatic carbocycles. The molecule has 4 nitrogen and oxygen atoms in total. The van der Waals surface area contributed by atoms with Crippen LogP contribution in [-0.2, 0) is 6.42 Å². The molecule has 98 valence electrons. The zero-order chi connectivity index (χ0) is 12.8. The molecule has 2 heterocycles. The number of H-pyrrole nitrogens is 1. The van der Waals surface area contributed by atoms with E-state index in [1.54, 1.807) is 0 Å². The van der Waals surface area contributed by atoms with Gasteiger partial charge in [-0.1, -0.05) is 26.2 Å². The van der Waals surface area contributed by atoms with Crippen molar-refractivity contribution in [3.05, 3.63) is 18.0 Å². The van der Waals surface area contributed by atoms with E-state index in [0.29, 0.717) is 12.5 Å². The van der Waals surface area contributed by atoms with Crippen molar-refractivity contribution in [1.29, 1.82) is 0 Å². The van der Waals surface area contributed by atoms with Crippen molar-refractivity contribution in [1.82, 2.24) is 15.0 Å². The molecule has 0 amide bonds.